The van der Waals surface area contributed by atoms with E-state index >= 15 is 0 Å². The molecule has 1 aromatic rings. The first-order chi connectivity index (χ1) is 9.89. The predicted octanol–water partition coefficient (Wildman–Crippen LogP) is 2.01. The van der Waals surface area contributed by atoms with Gasteiger partial charge in [-0.15, -0.1) is 0 Å². The highest BCUT2D eigenvalue weighted by atomic mass is 19.1. The van der Waals surface area contributed by atoms with E-state index in [1.807, 2.05) is 6.92 Å². The van der Waals surface area contributed by atoms with Crippen LogP contribution in [0.1, 0.15) is 36.5 Å². The van der Waals surface area contributed by atoms with Crippen LogP contribution in [0.2, 0.25) is 0 Å². The van der Waals surface area contributed by atoms with E-state index in [1.54, 1.807) is 4.90 Å². The van der Waals surface area contributed by atoms with E-state index in [9.17, 15) is 19.1 Å². The van der Waals surface area contributed by atoms with Crippen LogP contribution in [0.4, 0.5) is 10.1 Å². The third-order valence-electron chi connectivity index (χ3n) is 4.11. The van der Waals surface area contributed by atoms with Crippen molar-refractivity contribution < 1.29 is 19.1 Å². The molecule has 3 N–H and O–H groups in total. The van der Waals surface area contributed by atoms with E-state index in [2.05, 4.69) is 0 Å². The Bertz CT molecular complexity index is 576. The van der Waals surface area contributed by atoms with Gasteiger partial charge in [0.05, 0.1) is 11.1 Å². The Labute approximate surface area is 122 Å². The molecule has 0 aliphatic carbocycles. The summed E-state index contributed by atoms with van der Waals surface area (Å²) >= 11 is 0. The second-order valence-corrected chi connectivity index (χ2v) is 5.54. The molecule has 0 radical (unpaired) electrons. The van der Waals surface area contributed by atoms with Crippen molar-refractivity contribution in [1.29, 1.82) is 0 Å². The zero-order valence-corrected chi connectivity index (χ0v) is 11.9. The number of carbonyl (C=O) groups excluding carboxylic acids is 1. The maximum atomic E-state index is 14.1. The van der Waals surface area contributed by atoms with Crippen molar-refractivity contribution in [3.8, 4) is 0 Å². The average Bonchev–Trinajstić information content (AvgIpc) is 2.84. The second kappa shape index (κ2) is 5.71. The molecule has 1 atom stereocenters. The Morgan fingerprint density at radius 3 is 2.71 bits per heavy atom. The summed E-state index contributed by atoms with van der Waals surface area (Å²) in [5, 5.41) is 9.46. The number of carboxylic acid groups (broad SMARTS) is 1. The van der Waals surface area contributed by atoms with Crippen LogP contribution in [0.25, 0.3) is 0 Å². The lowest BCUT2D eigenvalue weighted by Crippen LogP contribution is -2.34. The van der Waals surface area contributed by atoms with E-state index in [4.69, 9.17) is 5.73 Å². The predicted molar refractivity (Wildman–Crippen MR) is 76.7 cm³/mol. The molecule has 1 aromatic carbocycles. The average molecular weight is 294 g/mol. The number of benzene rings is 1. The van der Waals surface area contributed by atoms with Crippen molar-refractivity contribution in [2.24, 2.45) is 11.1 Å². The zero-order valence-electron chi connectivity index (χ0n) is 11.9. The molecule has 5 nitrogen and oxygen atoms in total. The minimum atomic E-state index is -0.832. The molecule has 1 heterocycles. The SMILES string of the molecule is CCCC1(C(=O)O)CCN(c2ccc(C(N)=O)cc2F)C1. The Kier molecular flexibility index (Phi) is 4.16. The van der Waals surface area contributed by atoms with Gasteiger partial charge in [-0.05, 0) is 31.0 Å². The van der Waals surface area contributed by atoms with E-state index in [0.29, 0.717) is 25.1 Å². The number of rotatable bonds is 5. The Morgan fingerprint density at radius 1 is 1.48 bits per heavy atom. The van der Waals surface area contributed by atoms with E-state index in [0.717, 1.165) is 12.5 Å². The van der Waals surface area contributed by atoms with Gasteiger partial charge in [0.2, 0.25) is 5.91 Å². The van der Waals surface area contributed by atoms with Crippen molar-refractivity contribution in [2.45, 2.75) is 26.2 Å². The molecule has 0 spiro atoms. The van der Waals surface area contributed by atoms with Crippen LogP contribution in [0.15, 0.2) is 18.2 Å². The first-order valence-corrected chi connectivity index (χ1v) is 6.97. The Balaban J connectivity index is 2.25. The standard InChI is InChI=1S/C15H19FN2O3/c1-2-5-15(14(20)21)6-7-18(9-15)12-4-3-10(13(17)19)8-11(12)16/h3-4,8H,2,5-7,9H2,1H3,(H2,17,19)(H,20,21). The summed E-state index contributed by atoms with van der Waals surface area (Å²) in [6, 6.07) is 4.04. The normalized spacial score (nSPS) is 21.5. The summed E-state index contributed by atoms with van der Waals surface area (Å²) in [7, 11) is 0. The molecule has 1 fully saturated rings. The van der Waals surface area contributed by atoms with Gasteiger partial charge in [-0.25, -0.2) is 4.39 Å². The molecule has 2 rings (SSSR count). The van der Waals surface area contributed by atoms with Crippen molar-refractivity contribution in [3.63, 3.8) is 0 Å². The fourth-order valence-electron chi connectivity index (χ4n) is 2.96. The maximum Gasteiger partial charge on any atom is 0.311 e. The number of nitrogens with two attached hydrogens (primary N) is 1. The highest BCUT2D eigenvalue weighted by Crippen LogP contribution is 2.38. The number of halogens is 1. The fraction of sp³-hybridized carbons (Fsp3) is 0.467. The van der Waals surface area contributed by atoms with E-state index in [1.165, 1.54) is 12.1 Å². The number of carboxylic acids is 1. The van der Waals surface area contributed by atoms with Gasteiger partial charge >= 0.3 is 5.97 Å². The quantitative estimate of drug-likeness (QED) is 0.870. The minimum Gasteiger partial charge on any atom is -0.481 e. The van der Waals surface area contributed by atoms with E-state index in [-0.39, 0.29) is 12.1 Å². The van der Waals surface area contributed by atoms with Crippen LogP contribution in [0.5, 0.6) is 0 Å². The van der Waals surface area contributed by atoms with Crippen LogP contribution < -0.4 is 10.6 Å². The number of anilines is 1. The largest absolute Gasteiger partial charge is 0.481 e. The first-order valence-electron chi connectivity index (χ1n) is 6.97. The summed E-state index contributed by atoms with van der Waals surface area (Å²) in [5.74, 6) is -2.07. The van der Waals surface area contributed by atoms with Gasteiger partial charge in [0, 0.05) is 18.7 Å². The van der Waals surface area contributed by atoms with Crippen LogP contribution >= 0.6 is 0 Å². The lowest BCUT2D eigenvalue weighted by Gasteiger charge is -2.25. The summed E-state index contributed by atoms with van der Waals surface area (Å²) in [6.07, 6.45) is 1.83. The third-order valence-corrected chi connectivity index (χ3v) is 4.11. The molecule has 1 aliphatic rings. The van der Waals surface area contributed by atoms with Crippen LogP contribution in [0, 0.1) is 11.2 Å². The molecule has 1 aliphatic heterocycles. The molecular weight excluding hydrogens is 275 g/mol. The lowest BCUT2D eigenvalue weighted by atomic mass is 9.83. The Morgan fingerprint density at radius 2 is 2.19 bits per heavy atom. The first kappa shape index (κ1) is 15.3. The van der Waals surface area contributed by atoms with Crippen LogP contribution in [-0.2, 0) is 4.79 Å². The van der Waals surface area contributed by atoms with Gasteiger partial charge in [-0.1, -0.05) is 13.3 Å². The minimum absolute atomic E-state index is 0.105. The van der Waals surface area contributed by atoms with Gasteiger partial charge in [-0.2, -0.15) is 0 Å². The van der Waals surface area contributed by atoms with E-state index < -0.39 is 23.1 Å². The van der Waals surface area contributed by atoms with Gasteiger partial charge in [0.1, 0.15) is 5.82 Å². The molecule has 114 valence electrons. The van der Waals surface area contributed by atoms with Crippen LogP contribution in [-0.4, -0.2) is 30.1 Å². The highest BCUT2D eigenvalue weighted by molar-refractivity contribution is 5.93. The summed E-state index contributed by atoms with van der Waals surface area (Å²) < 4.78 is 14.1. The van der Waals surface area contributed by atoms with Gasteiger partial charge in [0.15, 0.2) is 0 Å². The molecule has 0 bridgehead atoms. The molecule has 6 heteroatoms. The topological polar surface area (TPSA) is 83.6 Å². The number of primary amides is 1. The molecule has 0 saturated carbocycles. The van der Waals surface area contributed by atoms with Gasteiger partial charge in [0.25, 0.3) is 0 Å². The third kappa shape index (κ3) is 2.84. The van der Waals surface area contributed by atoms with Gasteiger partial charge in [-0.3, -0.25) is 9.59 Å². The van der Waals surface area contributed by atoms with Crippen molar-refractivity contribution >= 4 is 17.6 Å². The molecular formula is C15H19FN2O3. The monoisotopic (exact) mass is 294 g/mol. The number of nitrogens with zero attached hydrogens (tertiary/aromatic N) is 1. The van der Waals surface area contributed by atoms with Crippen molar-refractivity contribution in [3.05, 3.63) is 29.6 Å². The summed E-state index contributed by atoms with van der Waals surface area (Å²) in [6.45, 7) is 2.71. The van der Waals surface area contributed by atoms with Gasteiger partial charge < -0.3 is 15.7 Å². The molecule has 1 amide bonds. The molecule has 21 heavy (non-hydrogen) atoms. The smallest absolute Gasteiger partial charge is 0.311 e. The number of aliphatic carboxylic acids is 1. The number of amides is 1. The highest BCUT2D eigenvalue weighted by Gasteiger charge is 2.44. The molecule has 1 saturated heterocycles. The molecule has 0 aromatic heterocycles. The summed E-state index contributed by atoms with van der Waals surface area (Å²) in [5.41, 5.74) is 4.72. The van der Waals surface area contributed by atoms with Crippen molar-refractivity contribution in [1.82, 2.24) is 0 Å². The second-order valence-electron chi connectivity index (χ2n) is 5.54. The molecule has 1 unspecified atom stereocenters. The van der Waals surface area contributed by atoms with Crippen LogP contribution in [0.3, 0.4) is 0 Å². The maximum absolute atomic E-state index is 14.1. The number of hydrogen-bond donors (Lipinski definition) is 2. The summed E-state index contributed by atoms with van der Waals surface area (Å²) in [4.78, 5) is 24.3. The lowest BCUT2D eigenvalue weighted by molar-refractivity contribution is -0.148. The number of hydrogen-bond acceptors (Lipinski definition) is 3. The Hall–Kier alpha value is -2.11. The zero-order chi connectivity index (χ0) is 15.6. The number of carbonyl (C=O) groups is 2. The van der Waals surface area contributed by atoms with Crippen molar-refractivity contribution in [2.75, 3.05) is 18.0 Å². The fourth-order valence-corrected chi connectivity index (χ4v) is 2.96.